The molecule has 0 aliphatic carbocycles. The van der Waals surface area contributed by atoms with Gasteiger partial charge in [0.2, 0.25) is 5.75 Å². The van der Waals surface area contributed by atoms with Crippen molar-refractivity contribution in [1.82, 2.24) is 9.97 Å². The fourth-order valence-corrected chi connectivity index (χ4v) is 2.99. The largest absolute Gasteiger partial charge is 0.493 e. The number of unbranched alkanes of at least 4 members (excludes halogenated alkanes) is 3. The minimum Gasteiger partial charge on any atom is -0.493 e. The number of anilines is 1. The summed E-state index contributed by atoms with van der Waals surface area (Å²) in [6, 6.07) is 1.86. The van der Waals surface area contributed by atoms with Gasteiger partial charge in [-0.2, -0.15) is 0 Å². The maximum Gasteiger partial charge on any atom is 0.205 e. The van der Waals surface area contributed by atoms with Crippen molar-refractivity contribution in [1.29, 1.82) is 0 Å². The molecule has 0 aliphatic heterocycles. The lowest BCUT2D eigenvalue weighted by atomic mass is 10.1. The molecule has 0 fully saturated rings. The van der Waals surface area contributed by atoms with E-state index in [9.17, 15) is 4.79 Å². The van der Waals surface area contributed by atoms with Crippen LogP contribution in [0.3, 0.4) is 0 Å². The second-order valence-electron chi connectivity index (χ2n) is 6.25. The lowest BCUT2D eigenvalue weighted by Gasteiger charge is -2.15. The second kappa shape index (κ2) is 10.5. The molecule has 0 bridgehead atoms. The molecule has 0 radical (unpaired) electrons. The van der Waals surface area contributed by atoms with Crippen LogP contribution < -0.4 is 19.5 Å². The lowest BCUT2D eigenvalue weighted by Crippen LogP contribution is -2.05. The number of ketones is 1. The molecular formula is C20H29N3O4. The first kappa shape index (κ1) is 20.7. The predicted molar refractivity (Wildman–Crippen MR) is 106 cm³/mol. The summed E-state index contributed by atoms with van der Waals surface area (Å²) in [4.78, 5) is 20.0. The Hall–Kier alpha value is -2.57. The summed E-state index contributed by atoms with van der Waals surface area (Å²) in [5, 5.41) is 4.19. The lowest BCUT2D eigenvalue weighted by molar-refractivity contribution is -0.118. The minimum absolute atomic E-state index is 0.346. The Morgan fingerprint density at radius 3 is 2.41 bits per heavy atom. The summed E-state index contributed by atoms with van der Waals surface area (Å²) in [6.45, 7) is 2.71. The molecule has 0 aliphatic rings. The molecular weight excluding hydrogens is 346 g/mol. The van der Waals surface area contributed by atoms with E-state index in [4.69, 9.17) is 14.2 Å². The van der Waals surface area contributed by atoms with E-state index in [0.717, 1.165) is 43.4 Å². The summed E-state index contributed by atoms with van der Waals surface area (Å²) < 4.78 is 16.3. The van der Waals surface area contributed by atoms with E-state index in [1.54, 1.807) is 21.3 Å². The first-order chi connectivity index (χ1) is 13.2. The van der Waals surface area contributed by atoms with E-state index in [0.29, 0.717) is 41.4 Å². The smallest absolute Gasteiger partial charge is 0.205 e. The number of fused-ring (bicyclic) bond motifs is 1. The monoisotopic (exact) mass is 375 g/mol. The third-order valence-electron chi connectivity index (χ3n) is 4.50. The SMILES string of the molecule is CCC(=O)CCCCCCNc1ncnc2c(OC)c(OC)c(OC)cc12. The first-order valence-corrected chi connectivity index (χ1v) is 9.35. The highest BCUT2D eigenvalue weighted by atomic mass is 16.5. The van der Waals surface area contributed by atoms with Crippen molar-refractivity contribution >= 4 is 22.5 Å². The van der Waals surface area contributed by atoms with Crippen LogP contribution in [-0.2, 0) is 4.79 Å². The summed E-state index contributed by atoms with van der Waals surface area (Å²) in [7, 11) is 4.74. The molecule has 2 rings (SSSR count). The highest BCUT2D eigenvalue weighted by Gasteiger charge is 2.19. The maximum absolute atomic E-state index is 11.3. The summed E-state index contributed by atoms with van der Waals surface area (Å²) >= 11 is 0. The molecule has 1 aromatic carbocycles. The number of aromatic nitrogens is 2. The highest BCUT2D eigenvalue weighted by molar-refractivity contribution is 5.96. The third-order valence-corrected chi connectivity index (χ3v) is 4.50. The van der Waals surface area contributed by atoms with Crippen molar-refractivity contribution in [3.63, 3.8) is 0 Å². The molecule has 148 valence electrons. The second-order valence-corrected chi connectivity index (χ2v) is 6.25. The van der Waals surface area contributed by atoms with E-state index < -0.39 is 0 Å². The van der Waals surface area contributed by atoms with Gasteiger partial charge >= 0.3 is 0 Å². The number of carbonyl (C=O) groups is 1. The summed E-state index contributed by atoms with van der Waals surface area (Å²) in [6.07, 6.45) is 6.97. The van der Waals surface area contributed by atoms with Gasteiger partial charge in [-0.15, -0.1) is 0 Å². The fourth-order valence-electron chi connectivity index (χ4n) is 2.99. The van der Waals surface area contributed by atoms with Crippen LogP contribution in [0.2, 0.25) is 0 Å². The molecule has 0 saturated heterocycles. The van der Waals surface area contributed by atoms with Crippen molar-refractivity contribution in [3.8, 4) is 17.2 Å². The molecule has 0 saturated carbocycles. The Balaban J connectivity index is 2.03. The van der Waals surface area contributed by atoms with Gasteiger partial charge in [-0.05, 0) is 18.9 Å². The Morgan fingerprint density at radius 2 is 1.74 bits per heavy atom. The third kappa shape index (κ3) is 5.21. The summed E-state index contributed by atoms with van der Waals surface area (Å²) in [5.41, 5.74) is 0.672. The van der Waals surface area contributed by atoms with Crippen LogP contribution in [0.15, 0.2) is 12.4 Å². The van der Waals surface area contributed by atoms with Gasteiger partial charge in [0.15, 0.2) is 11.5 Å². The molecule has 1 aromatic heterocycles. The van der Waals surface area contributed by atoms with Crippen LogP contribution in [0, 0.1) is 0 Å². The number of hydrogen-bond donors (Lipinski definition) is 1. The van der Waals surface area contributed by atoms with E-state index >= 15 is 0 Å². The van der Waals surface area contributed by atoms with Crippen LogP contribution in [0.1, 0.15) is 45.4 Å². The Morgan fingerprint density at radius 1 is 1.00 bits per heavy atom. The zero-order valence-corrected chi connectivity index (χ0v) is 16.6. The quantitative estimate of drug-likeness (QED) is 0.561. The number of methoxy groups -OCH3 is 3. The van der Waals surface area contributed by atoms with Gasteiger partial charge in [0, 0.05) is 19.4 Å². The number of carbonyl (C=O) groups excluding carboxylic acids is 1. The number of nitrogens with one attached hydrogen (secondary N) is 1. The van der Waals surface area contributed by atoms with Crippen LogP contribution in [-0.4, -0.2) is 43.6 Å². The van der Waals surface area contributed by atoms with Crippen molar-refractivity contribution in [2.24, 2.45) is 0 Å². The van der Waals surface area contributed by atoms with Gasteiger partial charge < -0.3 is 19.5 Å². The highest BCUT2D eigenvalue weighted by Crippen LogP contribution is 2.43. The molecule has 0 unspecified atom stereocenters. The number of Topliss-reactive ketones (excluding diaryl/α,β-unsaturated/α-hetero) is 1. The normalized spacial score (nSPS) is 10.7. The van der Waals surface area contributed by atoms with E-state index in [-0.39, 0.29) is 0 Å². The zero-order chi connectivity index (χ0) is 19.6. The topological polar surface area (TPSA) is 82.6 Å². The van der Waals surface area contributed by atoms with E-state index in [1.807, 2.05) is 13.0 Å². The number of benzene rings is 1. The van der Waals surface area contributed by atoms with Gasteiger partial charge in [-0.25, -0.2) is 9.97 Å². The molecule has 0 atom stereocenters. The van der Waals surface area contributed by atoms with Gasteiger partial charge in [0.25, 0.3) is 0 Å². The Labute approximate surface area is 160 Å². The van der Waals surface area contributed by atoms with Gasteiger partial charge in [-0.3, -0.25) is 4.79 Å². The molecule has 0 amide bonds. The molecule has 7 nitrogen and oxygen atoms in total. The minimum atomic E-state index is 0.346. The molecule has 1 N–H and O–H groups in total. The van der Waals surface area contributed by atoms with Gasteiger partial charge in [0.1, 0.15) is 23.4 Å². The van der Waals surface area contributed by atoms with Crippen molar-refractivity contribution < 1.29 is 19.0 Å². The maximum atomic E-state index is 11.3. The average Bonchev–Trinajstić information content (AvgIpc) is 2.71. The average molecular weight is 375 g/mol. The van der Waals surface area contributed by atoms with Gasteiger partial charge in [-0.1, -0.05) is 19.8 Å². The van der Waals surface area contributed by atoms with Crippen molar-refractivity contribution in [3.05, 3.63) is 12.4 Å². The van der Waals surface area contributed by atoms with Crippen LogP contribution in [0.25, 0.3) is 10.9 Å². The summed E-state index contributed by atoms with van der Waals surface area (Å²) in [5.74, 6) is 2.69. The Bertz CT molecular complexity index is 764. The number of ether oxygens (including phenoxy) is 3. The zero-order valence-electron chi connectivity index (χ0n) is 16.6. The van der Waals surface area contributed by atoms with E-state index in [1.165, 1.54) is 6.33 Å². The molecule has 2 aromatic rings. The number of hydrogen-bond acceptors (Lipinski definition) is 7. The standard InChI is InChI=1S/C20H29N3O4/c1-5-14(24)10-8-6-7-9-11-21-20-15-12-16(25-2)18(26-3)19(27-4)17(15)22-13-23-20/h12-13H,5-11H2,1-4H3,(H,21,22,23). The van der Waals surface area contributed by atoms with E-state index in [2.05, 4.69) is 15.3 Å². The Kier molecular flexibility index (Phi) is 8.10. The van der Waals surface area contributed by atoms with Crippen molar-refractivity contribution in [2.75, 3.05) is 33.2 Å². The van der Waals surface area contributed by atoms with Crippen LogP contribution >= 0.6 is 0 Å². The van der Waals surface area contributed by atoms with Gasteiger partial charge in [0.05, 0.1) is 26.7 Å². The first-order valence-electron chi connectivity index (χ1n) is 9.35. The fraction of sp³-hybridized carbons (Fsp3) is 0.550. The molecule has 27 heavy (non-hydrogen) atoms. The van der Waals surface area contributed by atoms with Crippen LogP contribution in [0.5, 0.6) is 17.2 Å². The molecule has 1 heterocycles. The predicted octanol–water partition coefficient (Wildman–Crippen LogP) is 4.00. The number of rotatable bonds is 12. The molecule has 7 heteroatoms. The number of nitrogens with zero attached hydrogens (tertiary/aromatic N) is 2. The molecule has 0 spiro atoms. The van der Waals surface area contributed by atoms with Crippen molar-refractivity contribution in [2.45, 2.75) is 45.4 Å². The van der Waals surface area contributed by atoms with Crippen LogP contribution in [0.4, 0.5) is 5.82 Å².